The fraction of sp³-hybridized carbons (Fsp3) is 0.600. The van der Waals surface area contributed by atoms with E-state index in [1.54, 1.807) is 0 Å². The highest BCUT2D eigenvalue weighted by Crippen LogP contribution is 2.26. The highest BCUT2D eigenvalue weighted by atomic mass is 32.1. The molecule has 0 aromatic carbocycles. The predicted octanol–water partition coefficient (Wildman–Crippen LogP) is 3.16. The van der Waals surface area contributed by atoms with Crippen molar-refractivity contribution in [2.75, 3.05) is 6.61 Å². The van der Waals surface area contributed by atoms with Gasteiger partial charge in [0.2, 0.25) is 5.88 Å². The van der Waals surface area contributed by atoms with Crippen LogP contribution in [0.1, 0.15) is 55.8 Å². The number of pyridine rings is 1. The first-order valence-corrected chi connectivity index (χ1v) is 7.58. The monoisotopic (exact) mass is 278 g/mol. The zero-order valence-corrected chi connectivity index (χ0v) is 12.4. The second-order valence-electron chi connectivity index (χ2n) is 5.07. The predicted molar refractivity (Wildman–Crippen MR) is 81.8 cm³/mol. The zero-order chi connectivity index (χ0) is 13.7. The molecule has 2 rings (SSSR count). The van der Waals surface area contributed by atoms with Gasteiger partial charge in [0.25, 0.3) is 0 Å². The number of nitrogens with two attached hydrogens (primary N) is 1. The lowest BCUT2D eigenvalue weighted by atomic mass is 10.1. The van der Waals surface area contributed by atoms with Crippen LogP contribution < -0.4 is 10.5 Å². The normalized spacial score (nSPS) is 13.3. The third-order valence-corrected chi connectivity index (χ3v) is 3.74. The number of thiocarbonyl (C=S) groups is 1. The van der Waals surface area contributed by atoms with Crippen LogP contribution in [-0.2, 0) is 12.8 Å². The Morgan fingerprint density at radius 3 is 2.95 bits per heavy atom. The van der Waals surface area contributed by atoms with Crippen molar-refractivity contribution in [3.8, 4) is 5.88 Å². The van der Waals surface area contributed by atoms with Gasteiger partial charge >= 0.3 is 0 Å². The average Bonchev–Trinajstić information content (AvgIpc) is 2.84. The van der Waals surface area contributed by atoms with E-state index in [4.69, 9.17) is 22.7 Å². The van der Waals surface area contributed by atoms with E-state index in [-0.39, 0.29) is 0 Å². The molecule has 104 valence electrons. The maximum absolute atomic E-state index is 5.79. The maximum Gasteiger partial charge on any atom is 0.224 e. The molecule has 0 saturated carbocycles. The van der Waals surface area contributed by atoms with Gasteiger partial charge in [-0.1, -0.05) is 38.4 Å². The summed E-state index contributed by atoms with van der Waals surface area (Å²) in [5.74, 6) is 0.629. The minimum atomic E-state index is 0.380. The fourth-order valence-electron chi connectivity index (χ4n) is 2.44. The molecule has 0 spiro atoms. The van der Waals surface area contributed by atoms with Crippen LogP contribution >= 0.6 is 12.2 Å². The summed E-state index contributed by atoms with van der Waals surface area (Å²) in [6.45, 7) is 2.90. The molecule has 1 aliphatic rings. The summed E-state index contributed by atoms with van der Waals surface area (Å²) >= 11 is 5.10. The summed E-state index contributed by atoms with van der Waals surface area (Å²) in [6, 6.07) is 2.07. The number of ether oxygens (including phenoxy) is 1. The molecular formula is C15H22N2OS. The minimum Gasteiger partial charge on any atom is -0.477 e. The van der Waals surface area contributed by atoms with Crippen molar-refractivity contribution in [3.05, 3.63) is 22.9 Å². The van der Waals surface area contributed by atoms with Crippen molar-refractivity contribution >= 4 is 17.2 Å². The van der Waals surface area contributed by atoms with Gasteiger partial charge in [-0.2, -0.15) is 0 Å². The Hall–Kier alpha value is -1.16. The van der Waals surface area contributed by atoms with Gasteiger partial charge < -0.3 is 10.5 Å². The maximum atomic E-state index is 5.79. The van der Waals surface area contributed by atoms with Crippen molar-refractivity contribution in [2.45, 2.75) is 51.9 Å². The van der Waals surface area contributed by atoms with Gasteiger partial charge in [-0.15, -0.1) is 0 Å². The molecule has 0 saturated heterocycles. The zero-order valence-electron chi connectivity index (χ0n) is 11.6. The van der Waals surface area contributed by atoms with Crippen LogP contribution in [-0.4, -0.2) is 16.6 Å². The van der Waals surface area contributed by atoms with Crippen LogP contribution in [0.2, 0.25) is 0 Å². The van der Waals surface area contributed by atoms with Gasteiger partial charge in [0.05, 0.1) is 12.2 Å². The number of hydrogen-bond donors (Lipinski definition) is 1. The second-order valence-corrected chi connectivity index (χ2v) is 5.51. The molecule has 0 aliphatic heterocycles. The van der Waals surface area contributed by atoms with Crippen LogP contribution in [0.25, 0.3) is 0 Å². The lowest BCUT2D eigenvalue weighted by Crippen LogP contribution is -2.14. The lowest BCUT2D eigenvalue weighted by molar-refractivity contribution is 0.292. The van der Waals surface area contributed by atoms with Crippen molar-refractivity contribution in [2.24, 2.45) is 5.73 Å². The molecule has 0 atom stereocenters. The molecule has 0 bridgehead atoms. The number of fused-ring (bicyclic) bond motifs is 1. The van der Waals surface area contributed by atoms with Crippen LogP contribution in [0.5, 0.6) is 5.88 Å². The average molecular weight is 278 g/mol. The van der Waals surface area contributed by atoms with Gasteiger partial charge in [0, 0.05) is 5.69 Å². The molecule has 4 heteroatoms. The Bertz CT molecular complexity index is 460. The standard InChI is InChI=1S/C15H22N2OS/c1-2-3-4-5-9-18-15-12(14(16)19)10-11-7-6-8-13(11)17-15/h10H,2-9H2,1H3,(H2,16,19). The number of aromatic nitrogens is 1. The highest BCUT2D eigenvalue weighted by molar-refractivity contribution is 7.80. The summed E-state index contributed by atoms with van der Waals surface area (Å²) in [6.07, 6.45) is 8.03. The Kier molecular flexibility index (Phi) is 5.14. The Morgan fingerprint density at radius 1 is 1.37 bits per heavy atom. The minimum absolute atomic E-state index is 0.380. The Morgan fingerprint density at radius 2 is 2.21 bits per heavy atom. The molecule has 1 aromatic heterocycles. The quantitative estimate of drug-likeness (QED) is 0.615. The van der Waals surface area contributed by atoms with E-state index in [1.807, 2.05) is 0 Å². The summed E-state index contributed by atoms with van der Waals surface area (Å²) in [5.41, 5.74) is 9.00. The smallest absolute Gasteiger partial charge is 0.224 e. The topological polar surface area (TPSA) is 48.1 Å². The molecular weight excluding hydrogens is 256 g/mol. The third kappa shape index (κ3) is 3.66. The van der Waals surface area contributed by atoms with E-state index < -0.39 is 0 Å². The van der Waals surface area contributed by atoms with Gasteiger partial charge in [-0.25, -0.2) is 4.98 Å². The number of hydrogen-bond acceptors (Lipinski definition) is 3. The van der Waals surface area contributed by atoms with Gasteiger partial charge in [-0.05, 0) is 37.3 Å². The Balaban J connectivity index is 2.03. The molecule has 1 heterocycles. The summed E-state index contributed by atoms with van der Waals surface area (Å²) < 4.78 is 5.79. The van der Waals surface area contributed by atoms with Gasteiger partial charge in [-0.3, -0.25) is 0 Å². The largest absolute Gasteiger partial charge is 0.477 e. The van der Waals surface area contributed by atoms with E-state index in [0.29, 0.717) is 17.5 Å². The van der Waals surface area contributed by atoms with Gasteiger partial charge in [0.1, 0.15) is 4.99 Å². The first-order chi connectivity index (χ1) is 9.22. The molecule has 1 aromatic rings. The SMILES string of the molecule is CCCCCCOc1nc2c(cc1C(N)=S)CCC2. The van der Waals surface area contributed by atoms with E-state index >= 15 is 0 Å². The molecule has 0 unspecified atom stereocenters. The van der Waals surface area contributed by atoms with Crippen LogP contribution in [0.4, 0.5) is 0 Å². The van der Waals surface area contributed by atoms with Crippen LogP contribution in [0, 0.1) is 0 Å². The summed E-state index contributed by atoms with van der Waals surface area (Å²) in [4.78, 5) is 4.98. The Labute approximate surface area is 120 Å². The van der Waals surface area contributed by atoms with E-state index in [1.165, 1.54) is 31.2 Å². The van der Waals surface area contributed by atoms with E-state index in [2.05, 4.69) is 18.0 Å². The molecule has 19 heavy (non-hydrogen) atoms. The molecule has 1 aliphatic carbocycles. The van der Waals surface area contributed by atoms with Crippen LogP contribution in [0.3, 0.4) is 0 Å². The third-order valence-electron chi connectivity index (χ3n) is 3.52. The number of rotatable bonds is 7. The van der Waals surface area contributed by atoms with Crippen molar-refractivity contribution in [1.29, 1.82) is 0 Å². The highest BCUT2D eigenvalue weighted by Gasteiger charge is 2.18. The molecule has 0 radical (unpaired) electrons. The summed E-state index contributed by atoms with van der Waals surface area (Å²) in [7, 11) is 0. The van der Waals surface area contributed by atoms with Crippen molar-refractivity contribution < 1.29 is 4.74 Å². The molecule has 0 fully saturated rings. The van der Waals surface area contributed by atoms with E-state index in [0.717, 1.165) is 30.5 Å². The van der Waals surface area contributed by atoms with E-state index in [9.17, 15) is 0 Å². The van der Waals surface area contributed by atoms with Crippen LogP contribution in [0.15, 0.2) is 6.07 Å². The summed E-state index contributed by atoms with van der Waals surface area (Å²) in [5, 5.41) is 0. The lowest BCUT2D eigenvalue weighted by Gasteiger charge is -2.11. The fourth-order valence-corrected chi connectivity index (χ4v) is 2.58. The second kappa shape index (κ2) is 6.85. The number of nitrogens with zero attached hydrogens (tertiary/aromatic N) is 1. The number of aryl methyl sites for hydroxylation is 2. The van der Waals surface area contributed by atoms with Gasteiger partial charge in [0.15, 0.2) is 0 Å². The van der Waals surface area contributed by atoms with Crippen molar-refractivity contribution in [1.82, 2.24) is 4.98 Å². The molecule has 3 nitrogen and oxygen atoms in total. The first-order valence-electron chi connectivity index (χ1n) is 7.17. The molecule has 0 amide bonds. The molecule has 2 N–H and O–H groups in total. The number of unbranched alkanes of at least 4 members (excludes halogenated alkanes) is 3. The first kappa shape index (κ1) is 14.3. The van der Waals surface area contributed by atoms with Crippen molar-refractivity contribution in [3.63, 3.8) is 0 Å².